The van der Waals surface area contributed by atoms with Gasteiger partial charge in [-0.15, -0.1) is 0 Å². The number of carbonyl (C=O) groups excluding carboxylic acids is 1. The molecule has 0 unspecified atom stereocenters. The van der Waals surface area contributed by atoms with E-state index in [4.69, 9.17) is 16.2 Å². The van der Waals surface area contributed by atoms with Gasteiger partial charge in [0.1, 0.15) is 6.61 Å². The summed E-state index contributed by atoms with van der Waals surface area (Å²) in [5, 5.41) is 2.89. The molecule has 0 bridgehead atoms. The maximum atomic E-state index is 10.4. The summed E-state index contributed by atoms with van der Waals surface area (Å²) in [7, 11) is 0. The van der Waals surface area contributed by atoms with Crippen molar-refractivity contribution in [3.05, 3.63) is 0 Å². The summed E-state index contributed by atoms with van der Waals surface area (Å²) in [6, 6.07) is 0. The first kappa shape index (κ1) is 14.1. The zero-order valence-electron chi connectivity index (χ0n) is 10.9. The van der Waals surface area contributed by atoms with E-state index in [0.29, 0.717) is 44.7 Å². The van der Waals surface area contributed by atoms with E-state index in [2.05, 4.69) is 25.0 Å². The quantitative estimate of drug-likeness (QED) is 0.568. The van der Waals surface area contributed by atoms with Gasteiger partial charge in [-0.05, 0) is 0 Å². The molecule has 2 rings (SSSR count). The van der Waals surface area contributed by atoms with Crippen molar-refractivity contribution in [1.82, 2.24) is 15.0 Å². The average Bonchev–Trinajstić information content (AvgIpc) is 2.44. The van der Waals surface area contributed by atoms with E-state index in [-0.39, 0.29) is 12.6 Å². The molecule has 1 aromatic heterocycles. The van der Waals surface area contributed by atoms with Crippen molar-refractivity contribution in [2.75, 3.05) is 55.4 Å². The Hall–Kier alpha value is -2.36. The molecule has 0 saturated carbocycles. The summed E-state index contributed by atoms with van der Waals surface area (Å²) >= 11 is 0. The number of carbonyl (C=O) groups is 1. The second-order valence-electron chi connectivity index (χ2n) is 4.01. The number of rotatable bonds is 5. The number of morpholine rings is 1. The van der Waals surface area contributed by atoms with E-state index < -0.39 is 6.09 Å². The minimum absolute atomic E-state index is 0.119. The van der Waals surface area contributed by atoms with Crippen LogP contribution in [0.5, 0.6) is 0 Å². The molecular weight excluding hydrogens is 266 g/mol. The van der Waals surface area contributed by atoms with Crippen LogP contribution in [0.15, 0.2) is 0 Å². The fourth-order valence-electron chi connectivity index (χ4n) is 1.68. The number of nitrogens with zero attached hydrogens (tertiary/aromatic N) is 4. The molecule has 1 aromatic rings. The molecule has 0 spiro atoms. The summed E-state index contributed by atoms with van der Waals surface area (Å²) < 4.78 is 9.85. The number of amides is 1. The minimum Gasteiger partial charge on any atom is -0.448 e. The largest absolute Gasteiger partial charge is 0.448 e. The zero-order chi connectivity index (χ0) is 14.4. The Kier molecular flexibility index (Phi) is 4.71. The van der Waals surface area contributed by atoms with Crippen LogP contribution in [0, 0.1) is 0 Å². The summed E-state index contributed by atoms with van der Waals surface area (Å²) in [5.41, 5.74) is 10.5. The lowest BCUT2D eigenvalue weighted by Gasteiger charge is -2.26. The van der Waals surface area contributed by atoms with Gasteiger partial charge < -0.3 is 31.2 Å². The number of aromatic nitrogens is 3. The zero-order valence-corrected chi connectivity index (χ0v) is 10.9. The number of anilines is 3. The normalized spacial score (nSPS) is 14.9. The second-order valence-corrected chi connectivity index (χ2v) is 4.01. The highest BCUT2D eigenvalue weighted by atomic mass is 16.5. The molecule has 0 aromatic carbocycles. The SMILES string of the molecule is NC(=O)OCCNc1nc(N)nc(N2CCOCC2)n1. The summed E-state index contributed by atoms with van der Waals surface area (Å²) in [5.74, 6) is 0.950. The minimum atomic E-state index is -0.823. The molecule has 1 aliphatic heterocycles. The van der Waals surface area contributed by atoms with Gasteiger partial charge in [-0.25, -0.2) is 4.79 Å². The Bertz CT molecular complexity index is 464. The van der Waals surface area contributed by atoms with Crippen LogP contribution in [0.2, 0.25) is 0 Å². The number of hydrogen-bond donors (Lipinski definition) is 3. The third-order valence-electron chi connectivity index (χ3n) is 2.56. The van der Waals surface area contributed by atoms with Gasteiger partial charge >= 0.3 is 6.09 Å². The first-order valence-electron chi connectivity index (χ1n) is 6.15. The highest BCUT2D eigenvalue weighted by molar-refractivity contribution is 5.64. The van der Waals surface area contributed by atoms with Crippen LogP contribution in [-0.2, 0) is 9.47 Å². The van der Waals surface area contributed by atoms with Gasteiger partial charge in [0.15, 0.2) is 0 Å². The summed E-state index contributed by atoms with van der Waals surface area (Å²) in [6.07, 6.45) is -0.823. The molecule has 0 radical (unpaired) electrons. The van der Waals surface area contributed by atoms with Crippen molar-refractivity contribution in [3.63, 3.8) is 0 Å². The van der Waals surface area contributed by atoms with Gasteiger partial charge in [-0.1, -0.05) is 0 Å². The van der Waals surface area contributed by atoms with Crippen molar-refractivity contribution < 1.29 is 14.3 Å². The predicted octanol–water partition coefficient (Wildman–Crippen LogP) is -1.20. The maximum Gasteiger partial charge on any atom is 0.404 e. The first-order chi connectivity index (χ1) is 9.65. The van der Waals surface area contributed by atoms with Gasteiger partial charge in [0.2, 0.25) is 17.8 Å². The molecule has 1 aliphatic rings. The third kappa shape index (κ3) is 4.09. The first-order valence-corrected chi connectivity index (χ1v) is 6.15. The van der Waals surface area contributed by atoms with Crippen LogP contribution in [0.25, 0.3) is 0 Å². The fourth-order valence-corrected chi connectivity index (χ4v) is 1.68. The van der Waals surface area contributed by atoms with Crippen molar-refractivity contribution in [2.45, 2.75) is 0 Å². The van der Waals surface area contributed by atoms with Crippen LogP contribution in [-0.4, -0.2) is 60.5 Å². The number of nitrogens with one attached hydrogen (secondary N) is 1. The summed E-state index contributed by atoms with van der Waals surface area (Å²) in [6.45, 7) is 3.10. The lowest BCUT2D eigenvalue weighted by Crippen LogP contribution is -2.37. The second kappa shape index (κ2) is 6.70. The molecule has 10 heteroatoms. The van der Waals surface area contributed by atoms with Gasteiger partial charge in [0.25, 0.3) is 0 Å². The molecule has 0 aliphatic carbocycles. The molecule has 10 nitrogen and oxygen atoms in total. The highest BCUT2D eigenvalue weighted by Gasteiger charge is 2.15. The molecule has 5 N–H and O–H groups in total. The van der Waals surface area contributed by atoms with E-state index in [1.165, 1.54) is 0 Å². The number of nitrogen functional groups attached to an aromatic ring is 1. The fraction of sp³-hybridized carbons (Fsp3) is 0.600. The monoisotopic (exact) mass is 283 g/mol. The predicted molar refractivity (Wildman–Crippen MR) is 71.3 cm³/mol. The van der Waals surface area contributed by atoms with Crippen LogP contribution in [0.1, 0.15) is 0 Å². The highest BCUT2D eigenvalue weighted by Crippen LogP contribution is 2.13. The smallest absolute Gasteiger partial charge is 0.404 e. The average molecular weight is 283 g/mol. The molecular formula is C10H17N7O3. The van der Waals surface area contributed by atoms with Crippen molar-refractivity contribution in [1.29, 1.82) is 0 Å². The van der Waals surface area contributed by atoms with E-state index in [9.17, 15) is 4.79 Å². The van der Waals surface area contributed by atoms with Crippen molar-refractivity contribution in [3.8, 4) is 0 Å². The Labute approximate surface area is 115 Å². The maximum absolute atomic E-state index is 10.4. The van der Waals surface area contributed by atoms with E-state index >= 15 is 0 Å². The molecule has 1 saturated heterocycles. The molecule has 20 heavy (non-hydrogen) atoms. The number of hydrogen-bond acceptors (Lipinski definition) is 9. The Morgan fingerprint density at radius 3 is 2.80 bits per heavy atom. The Morgan fingerprint density at radius 2 is 2.10 bits per heavy atom. The van der Waals surface area contributed by atoms with Crippen LogP contribution in [0.3, 0.4) is 0 Å². The number of ether oxygens (including phenoxy) is 2. The van der Waals surface area contributed by atoms with Crippen molar-refractivity contribution in [2.24, 2.45) is 5.73 Å². The van der Waals surface area contributed by atoms with Gasteiger partial charge in [0.05, 0.1) is 19.8 Å². The number of nitrogens with two attached hydrogens (primary N) is 2. The topological polar surface area (TPSA) is 142 Å². The Morgan fingerprint density at radius 1 is 1.35 bits per heavy atom. The van der Waals surface area contributed by atoms with E-state index in [1.807, 2.05) is 4.90 Å². The Balaban J connectivity index is 1.95. The summed E-state index contributed by atoms with van der Waals surface area (Å²) in [4.78, 5) is 24.7. The van der Waals surface area contributed by atoms with Gasteiger partial charge in [-0.2, -0.15) is 15.0 Å². The molecule has 2 heterocycles. The van der Waals surface area contributed by atoms with Crippen molar-refractivity contribution >= 4 is 23.9 Å². The van der Waals surface area contributed by atoms with E-state index in [1.54, 1.807) is 0 Å². The third-order valence-corrected chi connectivity index (χ3v) is 2.56. The molecule has 110 valence electrons. The standard InChI is InChI=1S/C10H17N7O3/c11-7-14-9(13-1-4-20-8(12)18)16-10(15-7)17-2-5-19-6-3-17/h1-6H2,(H2,12,18)(H3,11,13,14,15,16). The van der Waals surface area contributed by atoms with Crippen LogP contribution in [0.4, 0.5) is 22.6 Å². The molecule has 1 amide bonds. The molecule has 0 atom stereocenters. The molecule has 1 fully saturated rings. The van der Waals surface area contributed by atoms with E-state index in [0.717, 1.165) is 0 Å². The lowest BCUT2D eigenvalue weighted by atomic mass is 10.4. The van der Waals surface area contributed by atoms with Crippen LogP contribution >= 0.6 is 0 Å². The van der Waals surface area contributed by atoms with Gasteiger partial charge in [-0.3, -0.25) is 0 Å². The van der Waals surface area contributed by atoms with Gasteiger partial charge in [0, 0.05) is 13.1 Å². The van der Waals surface area contributed by atoms with Crippen LogP contribution < -0.4 is 21.7 Å². The lowest BCUT2D eigenvalue weighted by molar-refractivity contribution is 0.122. The number of primary amides is 1.